The Balaban J connectivity index is 3.13. The molecule has 1 aromatic carbocycles. The van der Waals surface area contributed by atoms with E-state index in [9.17, 15) is 0 Å². The quantitative estimate of drug-likeness (QED) is 0.744. The van der Waals surface area contributed by atoms with Gasteiger partial charge in [0.1, 0.15) is 0 Å². The number of hydrogen-bond acceptors (Lipinski definition) is 2. The Morgan fingerprint density at radius 3 is 2.00 bits per heavy atom. The van der Waals surface area contributed by atoms with E-state index in [1.165, 1.54) is 0 Å². The van der Waals surface area contributed by atoms with Crippen LogP contribution in [0.15, 0.2) is 18.2 Å². The predicted molar refractivity (Wildman–Crippen MR) is 45.0 cm³/mol. The Morgan fingerprint density at radius 2 is 1.67 bits per heavy atom. The van der Waals surface area contributed by atoms with Crippen LogP contribution in [0.1, 0.15) is 0 Å². The number of hydrogen-bond donors (Lipinski definition) is 0. The van der Waals surface area contributed by atoms with Crippen LogP contribution in [0.2, 0.25) is 0 Å². The van der Waals surface area contributed by atoms with Crippen LogP contribution in [0.3, 0.4) is 0 Å². The van der Waals surface area contributed by atoms with Crippen LogP contribution in [0.4, 0.5) is 0 Å². The molecule has 0 bridgehead atoms. The molecule has 1 rings (SSSR count). The van der Waals surface area contributed by atoms with Crippen molar-refractivity contribution in [2.75, 3.05) is 14.2 Å². The van der Waals surface area contributed by atoms with Crippen molar-refractivity contribution in [2.24, 2.45) is 0 Å². The van der Waals surface area contributed by atoms with Crippen LogP contribution in [0.5, 0.6) is 11.5 Å². The van der Waals surface area contributed by atoms with Gasteiger partial charge in [-0.05, 0) is 0 Å². The van der Waals surface area contributed by atoms with Crippen molar-refractivity contribution < 1.29 is 25.6 Å². The fourth-order valence-corrected chi connectivity index (χ4v) is 4.08. The van der Waals surface area contributed by atoms with E-state index in [1.807, 2.05) is 18.2 Å². The van der Waals surface area contributed by atoms with Gasteiger partial charge in [-0.15, -0.1) is 0 Å². The molecular weight excluding hydrogens is 229 g/mol. The fraction of sp³-hybridized carbons (Fsp3) is 0.250. The second-order valence-electron chi connectivity index (χ2n) is 2.27. The van der Waals surface area contributed by atoms with E-state index in [4.69, 9.17) is 19.2 Å². The number of halogens is 1. The molecule has 0 aliphatic carbocycles. The van der Waals surface area contributed by atoms with Crippen LogP contribution in [0.25, 0.3) is 0 Å². The normalized spacial score (nSPS) is 8.92. The Kier molecular flexibility index (Phi) is 3.83. The van der Waals surface area contributed by atoms with Gasteiger partial charge in [-0.2, -0.15) is 0 Å². The molecule has 2 nitrogen and oxygen atoms in total. The van der Waals surface area contributed by atoms with Gasteiger partial charge >= 0.3 is 83.4 Å². The van der Waals surface area contributed by atoms with E-state index in [2.05, 4.69) is 0 Å². The summed E-state index contributed by atoms with van der Waals surface area (Å²) in [6, 6.07) is 5.72. The fourth-order valence-electron chi connectivity index (χ4n) is 1.06. The van der Waals surface area contributed by atoms with E-state index >= 15 is 0 Å². The summed E-state index contributed by atoms with van der Waals surface area (Å²) in [5.41, 5.74) is 0. The first-order chi connectivity index (χ1) is 5.83. The van der Waals surface area contributed by atoms with Gasteiger partial charge in [-0.25, -0.2) is 0 Å². The van der Waals surface area contributed by atoms with Gasteiger partial charge in [-0.3, -0.25) is 0 Å². The van der Waals surface area contributed by atoms with Crippen LogP contribution < -0.4 is 13.6 Å². The molecule has 1 aromatic rings. The molecule has 0 saturated heterocycles. The molecule has 0 aromatic heterocycles. The molecule has 4 heteroatoms. The Hall–Kier alpha value is -0.267. The van der Waals surface area contributed by atoms with Gasteiger partial charge in [-0.1, -0.05) is 0 Å². The first-order valence-electron chi connectivity index (χ1n) is 3.59. The maximum atomic E-state index is 5.92. The first kappa shape index (κ1) is 9.82. The second-order valence-corrected chi connectivity index (χ2v) is 5.71. The molecule has 0 aliphatic rings. The summed E-state index contributed by atoms with van der Waals surface area (Å²) in [5.74, 6) is 1.70. The Morgan fingerprint density at radius 1 is 1.17 bits per heavy atom. The third kappa shape index (κ3) is 1.91. The molecule has 0 fully saturated rings. The Labute approximate surface area is 83.5 Å². The van der Waals surface area contributed by atoms with Crippen molar-refractivity contribution in [3.8, 4) is 11.5 Å². The number of benzene rings is 1. The predicted octanol–water partition coefficient (Wildman–Crippen LogP) is 1.57. The molecule has 0 radical (unpaired) electrons. The summed E-state index contributed by atoms with van der Waals surface area (Å²) in [4.78, 5) is 0. The molecule has 62 valence electrons. The molecule has 0 unspecified atom stereocenters. The third-order valence-corrected chi connectivity index (χ3v) is 5.08. The molecule has 0 heterocycles. The molecule has 0 amide bonds. The zero-order valence-electron chi connectivity index (χ0n) is 7.13. The summed E-state index contributed by atoms with van der Waals surface area (Å²) >= 11 is -1.17. The van der Waals surface area contributed by atoms with Crippen LogP contribution in [-0.2, 0) is 16.1 Å². The summed E-state index contributed by atoms with van der Waals surface area (Å²) in [5, 5.41) is 0. The third-order valence-electron chi connectivity index (χ3n) is 1.66. The van der Waals surface area contributed by atoms with Crippen LogP contribution in [0, 0.1) is 0 Å². The zero-order valence-corrected chi connectivity index (χ0v) is 10.9. The van der Waals surface area contributed by atoms with Gasteiger partial charge in [0.25, 0.3) is 0 Å². The first-order valence-corrected chi connectivity index (χ1v) is 8.97. The van der Waals surface area contributed by atoms with Gasteiger partial charge in [0.15, 0.2) is 0 Å². The Bertz CT molecular complexity index is 243. The van der Waals surface area contributed by atoms with E-state index in [0.717, 1.165) is 15.7 Å². The van der Waals surface area contributed by atoms with Crippen LogP contribution in [-0.4, -0.2) is 14.2 Å². The van der Waals surface area contributed by atoms with E-state index in [0.29, 0.717) is 0 Å². The summed E-state index contributed by atoms with van der Waals surface area (Å²) < 4.78 is 11.4. The number of ether oxygens (including phenoxy) is 2. The van der Waals surface area contributed by atoms with Gasteiger partial charge in [0.05, 0.1) is 0 Å². The maximum absolute atomic E-state index is 5.92. The van der Waals surface area contributed by atoms with Gasteiger partial charge < -0.3 is 0 Å². The number of methoxy groups -OCH3 is 2. The average molecular weight is 238 g/mol. The second kappa shape index (κ2) is 4.68. The van der Waals surface area contributed by atoms with E-state index in [-0.39, 0.29) is 0 Å². The SMILES string of the molecule is COc1cccc(OC)[c]1[Zn][Cl]. The standard InChI is InChI=1S/C8H9O2.ClH.Zn/c1-9-7-4-3-5-8(6-7)10-2;;/h3-5H,1-2H3;1H;/q;;+1/p-1. The van der Waals surface area contributed by atoms with E-state index in [1.54, 1.807) is 14.2 Å². The molecule has 0 spiro atoms. The molecular formula is C8H9ClO2Zn. The van der Waals surface area contributed by atoms with Crippen molar-refractivity contribution in [1.82, 2.24) is 0 Å². The summed E-state index contributed by atoms with van der Waals surface area (Å²) in [6.07, 6.45) is 0. The minimum absolute atomic E-state index is 0.851. The molecule has 0 saturated carbocycles. The van der Waals surface area contributed by atoms with Gasteiger partial charge in [0.2, 0.25) is 0 Å². The molecule has 12 heavy (non-hydrogen) atoms. The monoisotopic (exact) mass is 236 g/mol. The van der Waals surface area contributed by atoms with Crippen molar-refractivity contribution >= 4 is 13.8 Å². The van der Waals surface area contributed by atoms with Crippen molar-refractivity contribution in [3.05, 3.63) is 18.2 Å². The van der Waals surface area contributed by atoms with Gasteiger partial charge in [0, 0.05) is 0 Å². The van der Waals surface area contributed by atoms with Crippen molar-refractivity contribution in [3.63, 3.8) is 0 Å². The summed E-state index contributed by atoms with van der Waals surface area (Å²) in [6.45, 7) is 0. The van der Waals surface area contributed by atoms with Crippen LogP contribution >= 0.6 is 9.69 Å². The van der Waals surface area contributed by atoms with Crippen molar-refractivity contribution in [2.45, 2.75) is 0 Å². The molecule has 0 aliphatic heterocycles. The van der Waals surface area contributed by atoms with Crippen molar-refractivity contribution in [1.29, 1.82) is 0 Å². The molecule has 0 N–H and O–H groups in total. The van der Waals surface area contributed by atoms with E-state index < -0.39 is 16.1 Å². The summed E-state index contributed by atoms with van der Waals surface area (Å²) in [7, 11) is 9.21. The molecule has 0 atom stereocenters. The topological polar surface area (TPSA) is 18.5 Å². The average Bonchev–Trinajstić information content (AvgIpc) is 2.16. The minimum atomic E-state index is -1.17. The number of rotatable bonds is 3. The zero-order chi connectivity index (χ0) is 8.97.